The van der Waals surface area contributed by atoms with Gasteiger partial charge in [-0.05, 0) is 57.8 Å². The number of pyridine rings is 1. The van der Waals surface area contributed by atoms with Gasteiger partial charge in [0.05, 0.1) is 17.6 Å². The van der Waals surface area contributed by atoms with E-state index in [9.17, 15) is 14.0 Å². The summed E-state index contributed by atoms with van der Waals surface area (Å²) in [6.45, 7) is 4.56. The Labute approximate surface area is 168 Å². The van der Waals surface area contributed by atoms with Crippen molar-refractivity contribution in [1.29, 1.82) is 0 Å². The van der Waals surface area contributed by atoms with Gasteiger partial charge in [-0.25, -0.2) is 9.37 Å². The van der Waals surface area contributed by atoms with Gasteiger partial charge in [0.15, 0.2) is 0 Å². The first-order valence-electron chi connectivity index (χ1n) is 9.43. The Morgan fingerprint density at radius 2 is 2.00 bits per heavy atom. The Morgan fingerprint density at radius 1 is 1.28 bits per heavy atom. The maximum Gasteiger partial charge on any atom is 0.263 e. The van der Waals surface area contributed by atoms with Gasteiger partial charge in [-0.3, -0.25) is 9.59 Å². The fourth-order valence-electron chi connectivity index (χ4n) is 3.46. The van der Waals surface area contributed by atoms with E-state index in [4.69, 9.17) is 0 Å². The van der Waals surface area contributed by atoms with Crippen molar-refractivity contribution in [2.24, 2.45) is 0 Å². The van der Waals surface area contributed by atoms with Crippen LogP contribution in [0.3, 0.4) is 0 Å². The highest BCUT2D eigenvalue weighted by Crippen LogP contribution is 2.15. The molecule has 7 nitrogen and oxygen atoms in total. The smallest absolute Gasteiger partial charge is 0.263 e. The van der Waals surface area contributed by atoms with Gasteiger partial charge in [0.1, 0.15) is 17.2 Å². The molecule has 0 aliphatic heterocycles. The van der Waals surface area contributed by atoms with Crippen LogP contribution in [-0.2, 0) is 6.54 Å². The Balaban J connectivity index is 1.87. The second-order valence-corrected chi connectivity index (χ2v) is 7.70. The molecule has 0 fully saturated rings. The molecule has 3 aromatic rings. The van der Waals surface area contributed by atoms with Crippen LogP contribution in [0.1, 0.15) is 34.7 Å². The molecule has 29 heavy (non-hydrogen) atoms. The third-order valence-electron chi connectivity index (χ3n) is 4.87. The van der Waals surface area contributed by atoms with Gasteiger partial charge in [0, 0.05) is 25.8 Å². The molecule has 2 aromatic heterocycles. The van der Waals surface area contributed by atoms with Crippen LogP contribution in [0, 0.1) is 12.7 Å². The summed E-state index contributed by atoms with van der Waals surface area (Å²) in [5, 5.41) is 0. The zero-order valence-electron chi connectivity index (χ0n) is 17.4. The fourth-order valence-corrected chi connectivity index (χ4v) is 3.46. The van der Waals surface area contributed by atoms with Crippen LogP contribution in [0.25, 0.3) is 11.0 Å². The van der Waals surface area contributed by atoms with E-state index in [1.54, 1.807) is 36.9 Å². The molecule has 1 amide bonds. The van der Waals surface area contributed by atoms with E-state index in [2.05, 4.69) is 9.97 Å². The van der Waals surface area contributed by atoms with Crippen molar-refractivity contribution in [3.63, 3.8) is 0 Å². The van der Waals surface area contributed by atoms with E-state index >= 15 is 0 Å². The predicted octanol–water partition coefficient (Wildman–Crippen LogP) is 2.57. The van der Waals surface area contributed by atoms with Crippen molar-refractivity contribution >= 4 is 16.9 Å². The second kappa shape index (κ2) is 8.16. The summed E-state index contributed by atoms with van der Waals surface area (Å²) in [6, 6.07) is 6.00. The summed E-state index contributed by atoms with van der Waals surface area (Å²) < 4.78 is 15.0. The fraction of sp³-hybridized carbons (Fsp3) is 0.381. The van der Waals surface area contributed by atoms with Crippen LogP contribution >= 0.6 is 0 Å². The number of halogens is 1. The second-order valence-electron chi connectivity index (χ2n) is 7.70. The number of likely N-dealkylation sites (N-methyl/N-ethyl adjacent to an activating group) is 1. The number of benzene rings is 1. The summed E-state index contributed by atoms with van der Waals surface area (Å²) in [4.78, 5) is 36.9. The van der Waals surface area contributed by atoms with Crippen molar-refractivity contribution in [1.82, 2.24) is 24.3 Å². The minimum Gasteiger partial charge on any atom is -0.340 e. The predicted molar refractivity (Wildman–Crippen MR) is 111 cm³/mol. The van der Waals surface area contributed by atoms with E-state index in [1.165, 1.54) is 17.0 Å². The summed E-state index contributed by atoms with van der Waals surface area (Å²) in [7, 11) is 5.50. The lowest BCUT2D eigenvalue weighted by atomic mass is 10.1. The quantitative estimate of drug-likeness (QED) is 0.691. The Kier molecular flexibility index (Phi) is 5.83. The maximum atomic E-state index is 13.4. The zero-order valence-corrected chi connectivity index (χ0v) is 17.4. The first kappa shape index (κ1) is 20.7. The summed E-state index contributed by atoms with van der Waals surface area (Å²) in [5.41, 5.74) is 1.67. The first-order chi connectivity index (χ1) is 13.7. The molecule has 1 atom stereocenters. The Bertz CT molecular complexity index is 1100. The molecule has 1 unspecified atom stereocenters. The number of H-pyrrole nitrogens is 1. The minimum absolute atomic E-state index is 0.0692. The number of aryl methyl sites for hydroxylation is 1. The lowest BCUT2D eigenvalue weighted by Gasteiger charge is -2.22. The average Bonchev–Trinajstić information content (AvgIpc) is 3.02. The number of hydrogen-bond acceptors (Lipinski definition) is 4. The van der Waals surface area contributed by atoms with Gasteiger partial charge in [0.2, 0.25) is 0 Å². The molecule has 1 aromatic carbocycles. The van der Waals surface area contributed by atoms with Crippen molar-refractivity contribution in [2.45, 2.75) is 26.4 Å². The van der Waals surface area contributed by atoms with Gasteiger partial charge in [0.25, 0.3) is 11.5 Å². The number of nitrogens with one attached hydrogen (secondary N) is 1. The van der Waals surface area contributed by atoms with Gasteiger partial charge in [-0.2, -0.15) is 0 Å². The molecule has 0 aliphatic rings. The molecule has 8 heteroatoms. The number of amides is 1. The number of aromatic nitrogens is 3. The lowest BCUT2D eigenvalue weighted by Crippen LogP contribution is -2.37. The van der Waals surface area contributed by atoms with Gasteiger partial charge >= 0.3 is 0 Å². The van der Waals surface area contributed by atoms with Crippen LogP contribution in [0.15, 0.2) is 35.3 Å². The van der Waals surface area contributed by atoms with E-state index in [0.29, 0.717) is 29.0 Å². The van der Waals surface area contributed by atoms with Crippen molar-refractivity contribution in [2.75, 3.05) is 27.7 Å². The number of imidazole rings is 1. The van der Waals surface area contributed by atoms with Crippen LogP contribution in [-0.4, -0.2) is 57.9 Å². The zero-order chi connectivity index (χ0) is 21.3. The third kappa shape index (κ3) is 4.37. The number of carbonyl (C=O) groups is 1. The number of nitrogens with zero attached hydrogens (tertiary/aromatic N) is 4. The number of carbonyl (C=O) groups excluding carboxylic acids is 1. The molecule has 2 heterocycles. The molecular weight excluding hydrogens is 373 g/mol. The van der Waals surface area contributed by atoms with Crippen molar-refractivity contribution in [3.8, 4) is 0 Å². The largest absolute Gasteiger partial charge is 0.340 e. The van der Waals surface area contributed by atoms with E-state index in [1.807, 2.05) is 25.9 Å². The summed E-state index contributed by atoms with van der Waals surface area (Å²) in [6.07, 6.45) is 1.73. The average molecular weight is 399 g/mol. The summed E-state index contributed by atoms with van der Waals surface area (Å²) in [5.74, 6) is -0.202. The highest BCUT2D eigenvalue weighted by atomic mass is 19.1. The standard InChI is InChI=1S/C21H26FN5O2/c1-13-8-9-27(14(2)11-25(3)4)21(29)19(13)20(28)26(5)12-18-23-16-7-6-15(22)10-17(16)24-18/h6-10,14H,11-12H2,1-5H3,(H,23,24). The molecule has 0 aliphatic carbocycles. The van der Waals surface area contributed by atoms with E-state index in [0.717, 1.165) is 0 Å². The highest BCUT2D eigenvalue weighted by molar-refractivity contribution is 5.95. The normalized spacial score (nSPS) is 12.5. The minimum atomic E-state index is -0.370. The molecule has 1 N–H and O–H groups in total. The first-order valence-corrected chi connectivity index (χ1v) is 9.43. The monoisotopic (exact) mass is 399 g/mol. The molecule has 0 saturated carbocycles. The van der Waals surface area contributed by atoms with E-state index in [-0.39, 0.29) is 35.4 Å². The Morgan fingerprint density at radius 3 is 2.69 bits per heavy atom. The molecule has 0 spiro atoms. The summed E-state index contributed by atoms with van der Waals surface area (Å²) >= 11 is 0. The van der Waals surface area contributed by atoms with Gasteiger partial charge < -0.3 is 19.4 Å². The van der Waals surface area contributed by atoms with Crippen LogP contribution < -0.4 is 5.56 Å². The molecule has 0 bridgehead atoms. The lowest BCUT2D eigenvalue weighted by molar-refractivity contribution is 0.0778. The molecular formula is C21H26FN5O2. The van der Waals surface area contributed by atoms with Crippen LogP contribution in [0.2, 0.25) is 0 Å². The van der Waals surface area contributed by atoms with Gasteiger partial charge in [-0.15, -0.1) is 0 Å². The number of aromatic amines is 1. The van der Waals surface area contributed by atoms with Crippen molar-refractivity contribution in [3.05, 3.63) is 63.6 Å². The van der Waals surface area contributed by atoms with Crippen LogP contribution in [0.4, 0.5) is 4.39 Å². The molecule has 154 valence electrons. The molecule has 0 saturated heterocycles. The molecule has 3 rings (SSSR count). The highest BCUT2D eigenvalue weighted by Gasteiger charge is 2.22. The number of hydrogen-bond donors (Lipinski definition) is 1. The topological polar surface area (TPSA) is 74.2 Å². The van der Waals surface area contributed by atoms with E-state index < -0.39 is 0 Å². The Hall–Kier alpha value is -3.00. The van der Waals surface area contributed by atoms with Gasteiger partial charge in [-0.1, -0.05) is 0 Å². The SMILES string of the molecule is Cc1ccn(C(C)CN(C)C)c(=O)c1C(=O)N(C)Cc1nc2ccc(F)cc2[nH]1. The van der Waals surface area contributed by atoms with Crippen LogP contribution in [0.5, 0.6) is 0 Å². The molecule has 0 radical (unpaired) electrons. The van der Waals surface area contributed by atoms with Crippen molar-refractivity contribution < 1.29 is 9.18 Å². The number of fused-ring (bicyclic) bond motifs is 1. The maximum absolute atomic E-state index is 13.4. The number of rotatable bonds is 6. The third-order valence-corrected chi connectivity index (χ3v) is 4.87.